The Morgan fingerprint density at radius 2 is 2.00 bits per heavy atom. The summed E-state index contributed by atoms with van der Waals surface area (Å²) in [4.78, 5) is 26.0. The maximum Gasteiger partial charge on any atom is 0.417 e. The van der Waals surface area contributed by atoms with Crippen molar-refractivity contribution < 1.29 is 13.9 Å². The highest BCUT2D eigenvalue weighted by Gasteiger charge is 2.10. The maximum absolute atomic E-state index is 12.2. The summed E-state index contributed by atoms with van der Waals surface area (Å²) in [5.41, 5.74) is 2.29. The Morgan fingerprint density at radius 3 is 2.74 bits per heavy atom. The van der Waals surface area contributed by atoms with Crippen LogP contribution in [0.5, 0.6) is 5.75 Å². The van der Waals surface area contributed by atoms with E-state index in [-0.39, 0.29) is 12.3 Å². The molecule has 2 N–H and O–H groups in total. The Kier molecular flexibility index (Phi) is 4.14. The number of oxazole rings is 1. The van der Waals surface area contributed by atoms with Crippen LogP contribution < -0.4 is 15.8 Å². The Bertz CT molecular complexity index is 877. The van der Waals surface area contributed by atoms with E-state index in [1.54, 1.807) is 18.2 Å². The minimum absolute atomic E-state index is 0.177. The third-order valence-electron chi connectivity index (χ3n) is 3.33. The lowest BCUT2D eigenvalue weighted by Crippen LogP contribution is -2.14. The molecule has 0 atom stereocenters. The van der Waals surface area contributed by atoms with Gasteiger partial charge in [0.1, 0.15) is 11.3 Å². The molecule has 118 valence electrons. The fraction of sp³-hybridized carbons (Fsp3) is 0.176. The summed E-state index contributed by atoms with van der Waals surface area (Å²) in [6.45, 7) is 2.52. The predicted molar refractivity (Wildman–Crippen MR) is 86.8 cm³/mol. The number of ether oxygens (including phenoxy) is 1. The predicted octanol–water partition coefficient (Wildman–Crippen LogP) is 2.70. The average Bonchev–Trinajstić information content (AvgIpc) is 2.91. The maximum atomic E-state index is 12.2. The molecule has 0 saturated carbocycles. The van der Waals surface area contributed by atoms with Crippen LogP contribution in [0, 0.1) is 0 Å². The van der Waals surface area contributed by atoms with Crippen molar-refractivity contribution in [3.8, 4) is 5.75 Å². The van der Waals surface area contributed by atoms with Gasteiger partial charge in [-0.3, -0.25) is 9.78 Å². The second-order valence-electron chi connectivity index (χ2n) is 5.00. The van der Waals surface area contributed by atoms with Crippen molar-refractivity contribution in [3.63, 3.8) is 0 Å². The van der Waals surface area contributed by atoms with Crippen LogP contribution in [0.4, 0.5) is 5.69 Å². The Hall–Kier alpha value is -3.02. The number of amides is 1. The summed E-state index contributed by atoms with van der Waals surface area (Å²) in [5, 5.41) is 2.79. The molecule has 0 aliphatic carbocycles. The normalized spacial score (nSPS) is 10.7. The molecule has 0 aliphatic heterocycles. The fourth-order valence-corrected chi connectivity index (χ4v) is 2.33. The summed E-state index contributed by atoms with van der Waals surface area (Å²) in [6, 6.07) is 12.5. The minimum atomic E-state index is -0.548. The van der Waals surface area contributed by atoms with Crippen molar-refractivity contribution in [2.75, 3.05) is 11.9 Å². The number of aromatic amines is 1. The van der Waals surface area contributed by atoms with E-state index < -0.39 is 5.76 Å². The molecular formula is C17H16N2O4. The Labute approximate surface area is 132 Å². The van der Waals surface area contributed by atoms with Crippen LogP contribution in [0.25, 0.3) is 11.1 Å². The zero-order valence-corrected chi connectivity index (χ0v) is 12.6. The van der Waals surface area contributed by atoms with Crippen molar-refractivity contribution >= 4 is 22.7 Å². The summed E-state index contributed by atoms with van der Waals surface area (Å²) in [7, 11) is 0. The molecule has 0 unspecified atom stereocenters. The summed E-state index contributed by atoms with van der Waals surface area (Å²) < 4.78 is 10.3. The van der Waals surface area contributed by atoms with Gasteiger partial charge in [-0.25, -0.2) is 4.79 Å². The van der Waals surface area contributed by atoms with Gasteiger partial charge in [0, 0.05) is 0 Å². The van der Waals surface area contributed by atoms with Crippen molar-refractivity contribution in [2.45, 2.75) is 13.3 Å². The molecule has 6 heteroatoms. The Balaban J connectivity index is 1.72. The molecule has 1 aromatic heterocycles. The standard InChI is InChI=1S/C17H16N2O4/c1-2-22-12-8-6-11(7-9-12)10-15(20)18-13-4-3-5-14-16(13)19-17(21)23-14/h3-9H,2,10H2,1H3,(H,18,20)(H,19,21). The topological polar surface area (TPSA) is 84.3 Å². The van der Waals surface area contributed by atoms with E-state index in [1.807, 2.05) is 31.2 Å². The van der Waals surface area contributed by atoms with Crippen LogP contribution in [0.1, 0.15) is 12.5 Å². The van der Waals surface area contributed by atoms with Gasteiger partial charge in [-0.2, -0.15) is 0 Å². The van der Waals surface area contributed by atoms with Crippen LogP contribution in [-0.4, -0.2) is 17.5 Å². The molecule has 1 heterocycles. The number of hydrogen-bond donors (Lipinski definition) is 2. The average molecular weight is 312 g/mol. The van der Waals surface area contributed by atoms with Gasteiger partial charge >= 0.3 is 5.76 Å². The summed E-state index contributed by atoms with van der Waals surface area (Å²) in [5.74, 6) is 0.0503. The van der Waals surface area contributed by atoms with E-state index in [9.17, 15) is 9.59 Å². The van der Waals surface area contributed by atoms with Gasteiger partial charge in [0.2, 0.25) is 5.91 Å². The molecule has 0 bridgehead atoms. The molecule has 1 amide bonds. The van der Waals surface area contributed by atoms with Crippen LogP contribution in [0.15, 0.2) is 51.7 Å². The van der Waals surface area contributed by atoms with E-state index in [0.29, 0.717) is 23.4 Å². The first kappa shape index (κ1) is 14.9. The van der Waals surface area contributed by atoms with Crippen LogP contribution in [-0.2, 0) is 11.2 Å². The van der Waals surface area contributed by atoms with E-state index in [2.05, 4.69) is 10.3 Å². The minimum Gasteiger partial charge on any atom is -0.494 e. The lowest BCUT2D eigenvalue weighted by atomic mass is 10.1. The fourth-order valence-electron chi connectivity index (χ4n) is 2.33. The number of anilines is 1. The monoisotopic (exact) mass is 312 g/mol. The highest BCUT2D eigenvalue weighted by molar-refractivity contribution is 5.99. The van der Waals surface area contributed by atoms with E-state index in [0.717, 1.165) is 11.3 Å². The summed E-state index contributed by atoms with van der Waals surface area (Å²) in [6.07, 6.45) is 0.227. The van der Waals surface area contributed by atoms with Gasteiger partial charge in [0.25, 0.3) is 0 Å². The van der Waals surface area contributed by atoms with Gasteiger partial charge in [-0.05, 0) is 36.8 Å². The highest BCUT2D eigenvalue weighted by atomic mass is 16.5. The number of H-pyrrole nitrogens is 1. The van der Waals surface area contributed by atoms with Gasteiger partial charge in [0.15, 0.2) is 5.58 Å². The number of carbonyl (C=O) groups excluding carboxylic acids is 1. The Morgan fingerprint density at radius 1 is 1.22 bits per heavy atom. The molecule has 0 radical (unpaired) electrons. The number of carbonyl (C=O) groups is 1. The first-order chi connectivity index (χ1) is 11.2. The van der Waals surface area contributed by atoms with Crippen molar-refractivity contribution in [2.24, 2.45) is 0 Å². The second-order valence-corrected chi connectivity index (χ2v) is 5.00. The number of fused-ring (bicyclic) bond motifs is 1. The first-order valence-corrected chi connectivity index (χ1v) is 7.29. The van der Waals surface area contributed by atoms with Gasteiger partial charge in [-0.15, -0.1) is 0 Å². The highest BCUT2D eigenvalue weighted by Crippen LogP contribution is 2.20. The number of rotatable bonds is 5. The zero-order valence-electron chi connectivity index (χ0n) is 12.6. The molecule has 3 rings (SSSR count). The van der Waals surface area contributed by atoms with Gasteiger partial charge < -0.3 is 14.5 Å². The molecule has 6 nitrogen and oxygen atoms in total. The molecule has 0 saturated heterocycles. The van der Waals surface area contributed by atoms with Crippen LogP contribution in [0.2, 0.25) is 0 Å². The molecule has 2 aromatic carbocycles. The van der Waals surface area contributed by atoms with E-state index in [1.165, 1.54) is 0 Å². The molecule has 0 fully saturated rings. The molecule has 23 heavy (non-hydrogen) atoms. The number of hydrogen-bond acceptors (Lipinski definition) is 4. The van der Waals surface area contributed by atoms with Crippen molar-refractivity contribution in [1.82, 2.24) is 4.98 Å². The van der Waals surface area contributed by atoms with Crippen molar-refractivity contribution in [3.05, 3.63) is 58.6 Å². The van der Waals surface area contributed by atoms with Crippen LogP contribution >= 0.6 is 0 Å². The number of aromatic nitrogens is 1. The number of benzene rings is 2. The third kappa shape index (κ3) is 3.42. The molecule has 0 spiro atoms. The van der Waals surface area contributed by atoms with Crippen LogP contribution in [0.3, 0.4) is 0 Å². The molecule has 0 aliphatic rings. The first-order valence-electron chi connectivity index (χ1n) is 7.29. The second kappa shape index (κ2) is 6.39. The lowest BCUT2D eigenvalue weighted by molar-refractivity contribution is -0.115. The van der Waals surface area contributed by atoms with Gasteiger partial charge in [0.05, 0.1) is 18.7 Å². The summed E-state index contributed by atoms with van der Waals surface area (Å²) >= 11 is 0. The number of nitrogens with one attached hydrogen (secondary N) is 2. The lowest BCUT2D eigenvalue weighted by Gasteiger charge is -2.07. The third-order valence-corrected chi connectivity index (χ3v) is 3.33. The van der Waals surface area contributed by atoms with E-state index in [4.69, 9.17) is 9.15 Å². The number of para-hydroxylation sites is 1. The largest absolute Gasteiger partial charge is 0.494 e. The van der Waals surface area contributed by atoms with E-state index >= 15 is 0 Å². The molecule has 3 aromatic rings. The van der Waals surface area contributed by atoms with Gasteiger partial charge in [-0.1, -0.05) is 18.2 Å². The smallest absolute Gasteiger partial charge is 0.417 e. The quantitative estimate of drug-likeness (QED) is 0.758. The zero-order chi connectivity index (χ0) is 16.2. The SMILES string of the molecule is CCOc1ccc(CC(=O)Nc2cccc3oc(=O)[nH]c23)cc1. The molecular weight excluding hydrogens is 296 g/mol. The van der Waals surface area contributed by atoms with Crippen molar-refractivity contribution in [1.29, 1.82) is 0 Å².